The van der Waals surface area contributed by atoms with Crippen molar-refractivity contribution in [2.24, 2.45) is 4.99 Å². The summed E-state index contributed by atoms with van der Waals surface area (Å²) in [6, 6.07) is 15.1. The molecule has 23 heavy (non-hydrogen) atoms. The number of hydrogen-bond donors (Lipinski definition) is 2. The van der Waals surface area contributed by atoms with Crippen molar-refractivity contribution in [3.8, 4) is 0 Å². The number of benzene rings is 2. The van der Waals surface area contributed by atoms with E-state index in [-0.39, 0.29) is 11.6 Å². The zero-order chi connectivity index (χ0) is 16.2. The van der Waals surface area contributed by atoms with Gasteiger partial charge in [-0.25, -0.2) is 0 Å². The smallest absolute Gasteiger partial charge is 0.270 e. The summed E-state index contributed by atoms with van der Waals surface area (Å²) in [6.45, 7) is 0. The van der Waals surface area contributed by atoms with E-state index in [9.17, 15) is 14.9 Å². The first-order valence-electron chi connectivity index (χ1n) is 7.06. The second-order valence-corrected chi connectivity index (χ2v) is 5.10. The zero-order valence-corrected chi connectivity index (χ0v) is 12.1. The number of non-ortho nitro benzene ring substituents is 1. The van der Waals surface area contributed by atoms with Gasteiger partial charge in [0.05, 0.1) is 4.92 Å². The lowest BCUT2D eigenvalue weighted by Gasteiger charge is -2.22. The molecule has 1 aliphatic rings. The fourth-order valence-corrected chi connectivity index (χ4v) is 2.34. The first-order valence-corrected chi connectivity index (χ1v) is 7.06. The van der Waals surface area contributed by atoms with Gasteiger partial charge in [0.1, 0.15) is 11.9 Å². The third kappa shape index (κ3) is 3.34. The van der Waals surface area contributed by atoms with Crippen molar-refractivity contribution in [1.29, 1.82) is 0 Å². The Kier molecular flexibility index (Phi) is 4.01. The molecule has 7 heteroatoms. The first kappa shape index (κ1) is 14.7. The monoisotopic (exact) mass is 310 g/mol. The Morgan fingerprint density at radius 1 is 1.09 bits per heavy atom. The molecule has 2 aromatic carbocycles. The summed E-state index contributed by atoms with van der Waals surface area (Å²) in [4.78, 5) is 26.8. The number of hydrogen-bond acceptors (Lipinski definition) is 5. The lowest BCUT2D eigenvalue weighted by atomic mass is 10.0. The maximum absolute atomic E-state index is 12.0. The fourth-order valence-electron chi connectivity index (χ4n) is 2.34. The number of amides is 1. The number of amidine groups is 1. The molecule has 0 saturated carbocycles. The number of rotatable bonds is 4. The standard InChI is InChI=1S/C16H14N4O3/c21-16-14(9-11-5-2-1-3-6-11)17-15(18-19-16)12-7-4-8-13(10-12)20(22)23/h1-8,10,14H,9H2,(H,17,18)(H,19,21). The summed E-state index contributed by atoms with van der Waals surface area (Å²) < 4.78 is 0. The van der Waals surface area contributed by atoms with Crippen LogP contribution in [0.2, 0.25) is 0 Å². The van der Waals surface area contributed by atoms with E-state index in [1.165, 1.54) is 12.1 Å². The SMILES string of the molecule is O=C1NNC(c2cccc([N+](=O)[O-])c2)=NC1Cc1ccccc1. The van der Waals surface area contributed by atoms with Crippen LogP contribution in [0.25, 0.3) is 0 Å². The van der Waals surface area contributed by atoms with E-state index >= 15 is 0 Å². The van der Waals surface area contributed by atoms with E-state index in [4.69, 9.17) is 0 Å². The molecule has 2 N–H and O–H groups in total. The molecule has 0 saturated heterocycles. The summed E-state index contributed by atoms with van der Waals surface area (Å²) in [5.41, 5.74) is 6.78. The van der Waals surface area contributed by atoms with E-state index < -0.39 is 11.0 Å². The number of hydrazine groups is 1. The Bertz CT molecular complexity index is 774. The van der Waals surface area contributed by atoms with Crippen LogP contribution in [0.5, 0.6) is 0 Å². The topological polar surface area (TPSA) is 96.6 Å². The van der Waals surface area contributed by atoms with Crippen molar-refractivity contribution in [2.75, 3.05) is 0 Å². The number of aliphatic imine (C=N–C) groups is 1. The number of carbonyl (C=O) groups excluding carboxylic acids is 1. The quantitative estimate of drug-likeness (QED) is 0.662. The van der Waals surface area contributed by atoms with Gasteiger partial charge in [0.15, 0.2) is 0 Å². The summed E-state index contributed by atoms with van der Waals surface area (Å²) in [7, 11) is 0. The molecule has 1 aliphatic heterocycles. The van der Waals surface area contributed by atoms with Crippen LogP contribution in [-0.2, 0) is 11.2 Å². The fraction of sp³-hybridized carbons (Fsp3) is 0.125. The molecule has 1 amide bonds. The molecule has 2 aromatic rings. The van der Waals surface area contributed by atoms with Crippen molar-refractivity contribution in [3.05, 3.63) is 75.8 Å². The minimum Gasteiger partial charge on any atom is -0.282 e. The number of carbonyl (C=O) groups is 1. The Hall–Kier alpha value is -3.22. The van der Waals surface area contributed by atoms with E-state index in [2.05, 4.69) is 15.8 Å². The third-order valence-corrected chi connectivity index (χ3v) is 3.49. The van der Waals surface area contributed by atoms with Gasteiger partial charge in [-0.1, -0.05) is 42.5 Å². The van der Waals surface area contributed by atoms with Gasteiger partial charge in [-0.05, 0) is 5.56 Å². The maximum Gasteiger partial charge on any atom is 0.270 e. The van der Waals surface area contributed by atoms with E-state index in [1.54, 1.807) is 12.1 Å². The molecule has 0 aromatic heterocycles. The zero-order valence-electron chi connectivity index (χ0n) is 12.1. The second-order valence-electron chi connectivity index (χ2n) is 5.10. The molecule has 0 spiro atoms. The molecule has 0 fully saturated rings. The van der Waals surface area contributed by atoms with Crippen molar-refractivity contribution in [1.82, 2.24) is 10.9 Å². The summed E-state index contributed by atoms with van der Waals surface area (Å²) in [6.07, 6.45) is 0.465. The predicted octanol–water partition coefficient (Wildman–Crippen LogP) is 1.59. The van der Waals surface area contributed by atoms with Gasteiger partial charge in [0.2, 0.25) is 0 Å². The summed E-state index contributed by atoms with van der Waals surface area (Å²) in [5.74, 6) is 0.178. The van der Waals surface area contributed by atoms with Gasteiger partial charge < -0.3 is 0 Å². The molecule has 0 aliphatic carbocycles. The van der Waals surface area contributed by atoms with Crippen LogP contribution >= 0.6 is 0 Å². The van der Waals surface area contributed by atoms with Crippen molar-refractivity contribution in [2.45, 2.75) is 12.5 Å². The van der Waals surface area contributed by atoms with Crippen LogP contribution in [0.1, 0.15) is 11.1 Å². The van der Waals surface area contributed by atoms with Crippen molar-refractivity contribution in [3.63, 3.8) is 0 Å². The number of nitro groups is 1. The van der Waals surface area contributed by atoms with E-state index in [0.717, 1.165) is 5.56 Å². The molecule has 7 nitrogen and oxygen atoms in total. The average Bonchev–Trinajstić information content (AvgIpc) is 2.58. The van der Waals surface area contributed by atoms with Crippen molar-refractivity contribution >= 4 is 17.4 Å². The third-order valence-electron chi connectivity index (χ3n) is 3.49. The van der Waals surface area contributed by atoms with Crippen LogP contribution < -0.4 is 10.9 Å². The number of nitro benzene ring substituents is 1. The van der Waals surface area contributed by atoms with E-state index in [0.29, 0.717) is 17.8 Å². The largest absolute Gasteiger partial charge is 0.282 e. The normalized spacial score (nSPS) is 17.0. The predicted molar refractivity (Wildman–Crippen MR) is 84.8 cm³/mol. The highest BCUT2D eigenvalue weighted by molar-refractivity contribution is 6.03. The summed E-state index contributed by atoms with van der Waals surface area (Å²) >= 11 is 0. The molecule has 0 radical (unpaired) electrons. The lowest BCUT2D eigenvalue weighted by Crippen LogP contribution is -2.52. The lowest BCUT2D eigenvalue weighted by molar-refractivity contribution is -0.384. The molecule has 1 heterocycles. The van der Waals surface area contributed by atoms with Gasteiger partial charge in [-0.3, -0.25) is 30.8 Å². The number of nitrogens with one attached hydrogen (secondary N) is 2. The molecule has 3 rings (SSSR count). The molecule has 1 atom stereocenters. The first-order chi connectivity index (χ1) is 11.1. The van der Waals surface area contributed by atoms with Crippen LogP contribution in [-0.4, -0.2) is 22.7 Å². The molecule has 1 unspecified atom stereocenters. The minimum atomic E-state index is -0.576. The van der Waals surface area contributed by atoms with Gasteiger partial charge in [0, 0.05) is 24.1 Å². The van der Waals surface area contributed by atoms with Gasteiger partial charge in [-0.15, -0.1) is 0 Å². The summed E-state index contributed by atoms with van der Waals surface area (Å²) in [5, 5.41) is 10.9. The Balaban J connectivity index is 1.87. The molecular weight excluding hydrogens is 296 g/mol. The van der Waals surface area contributed by atoms with Crippen LogP contribution in [0, 0.1) is 10.1 Å². The average molecular weight is 310 g/mol. The highest BCUT2D eigenvalue weighted by atomic mass is 16.6. The maximum atomic E-state index is 12.0. The van der Waals surface area contributed by atoms with Crippen LogP contribution in [0.4, 0.5) is 5.69 Å². The van der Waals surface area contributed by atoms with Crippen LogP contribution in [0.3, 0.4) is 0 Å². The van der Waals surface area contributed by atoms with Gasteiger partial charge in [0.25, 0.3) is 11.6 Å². The highest BCUT2D eigenvalue weighted by Crippen LogP contribution is 2.15. The van der Waals surface area contributed by atoms with Gasteiger partial charge in [-0.2, -0.15) is 0 Å². The minimum absolute atomic E-state index is 0.0245. The Morgan fingerprint density at radius 2 is 1.87 bits per heavy atom. The van der Waals surface area contributed by atoms with Crippen LogP contribution in [0.15, 0.2) is 59.6 Å². The molecule has 0 bridgehead atoms. The highest BCUT2D eigenvalue weighted by Gasteiger charge is 2.24. The Morgan fingerprint density at radius 3 is 2.61 bits per heavy atom. The van der Waals surface area contributed by atoms with Gasteiger partial charge >= 0.3 is 0 Å². The second kappa shape index (κ2) is 6.27. The Labute approximate surface area is 132 Å². The molecular formula is C16H14N4O3. The van der Waals surface area contributed by atoms with Crippen molar-refractivity contribution < 1.29 is 9.72 Å². The molecule has 116 valence electrons. The number of nitrogens with zero attached hydrogens (tertiary/aromatic N) is 2. The van der Waals surface area contributed by atoms with E-state index in [1.807, 2.05) is 30.3 Å².